The maximum Gasteiger partial charge on any atom is 0.344 e. The molecule has 0 radical (unpaired) electrons. The minimum absolute atomic E-state index is 0.0599. The van der Waals surface area contributed by atoms with Gasteiger partial charge in [0.1, 0.15) is 5.75 Å². The fraction of sp³-hybridized carbons (Fsp3) is 0.417. The monoisotopic (exact) mass is 410 g/mol. The summed E-state index contributed by atoms with van der Waals surface area (Å²) >= 11 is 0. The van der Waals surface area contributed by atoms with Crippen molar-refractivity contribution in [3.63, 3.8) is 0 Å². The Labute approximate surface area is 178 Å². The maximum atomic E-state index is 12.3. The molecule has 1 aliphatic heterocycles. The normalized spacial score (nSPS) is 14.4. The van der Waals surface area contributed by atoms with Gasteiger partial charge in [-0.2, -0.15) is 0 Å². The minimum atomic E-state index is -0.550. The molecular weight excluding hydrogens is 380 g/mol. The largest absolute Gasteiger partial charge is 0.482 e. The molecule has 1 heterocycles. The predicted molar refractivity (Wildman–Crippen MR) is 117 cm³/mol. The molecule has 3 rings (SSSR count). The molecule has 1 amide bonds. The molecule has 0 atom stereocenters. The van der Waals surface area contributed by atoms with Crippen molar-refractivity contribution < 1.29 is 19.1 Å². The second-order valence-corrected chi connectivity index (χ2v) is 8.43. The molecule has 6 nitrogen and oxygen atoms in total. The van der Waals surface area contributed by atoms with Crippen molar-refractivity contribution in [3.8, 4) is 5.75 Å². The summed E-state index contributed by atoms with van der Waals surface area (Å²) < 4.78 is 10.6. The van der Waals surface area contributed by atoms with Crippen LogP contribution in [0.25, 0.3) is 0 Å². The summed E-state index contributed by atoms with van der Waals surface area (Å²) in [5.41, 5.74) is 2.41. The fourth-order valence-electron chi connectivity index (χ4n) is 3.32. The number of benzene rings is 2. The van der Waals surface area contributed by atoms with Gasteiger partial charge in [0, 0.05) is 31.9 Å². The van der Waals surface area contributed by atoms with Crippen molar-refractivity contribution in [1.29, 1.82) is 0 Å². The molecule has 1 saturated heterocycles. The third-order valence-electron chi connectivity index (χ3n) is 5.19. The zero-order valence-electron chi connectivity index (χ0n) is 18.0. The average molecular weight is 411 g/mol. The second kappa shape index (κ2) is 9.65. The van der Waals surface area contributed by atoms with Gasteiger partial charge in [0.25, 0.3) is 5.91 Å². The van der Waals surface area contributed by atoms with Gasteiger partial charge in [0.05, 0.1) is 0 Å². The Morgan fingerprint density at radius 2 is 1.50 bits per heavy atom. The number of rotatable bonds is 6. The van der Waals surface area contributed by atoms with Crippen LogP contribution in [0.5, 0.6) is 5.75 Å². The number of ether oxygens (including phenoxy) is 2. The summed E-state index contributed by atoms with van der Waals surface area (Å²) in [5.74, 6) is -0.125. The standard InChI is InChI=1S/C24H30N2O4/c1-24(2,3)19-9-11-21(12-10-19)29-18-23(28)30-17-22(27)26-15-13-25(14-16-26)20-7-5-4-6-8-20/h4-12H,13-18H2,1-3H3. The van der Waals surface area contributed by atoms with Crippen LogP contribution >= 0.6 is 0 Å². The number of nitrogens with zero attached hydrogens (tertiary/aromatic N) is 2. The third kappa shape index (κ3) is 5.99. The molecule has 0 N–H and O–H groups in total. The van der Waals surface area contributed by atoms with Gasteiger partial charge < -0.3 is 19.3 Å². The molecule has 30 heavy (non-hydrogen) atoms. The van der Waals surface area contributed by atoms with Crippen LogP contribution in [0.1, 0.15) is 26.3 Å². The van der Waals surface area contributed by atoms with Crippen LogP contribution in [0.3, 0.4) is 0 Å². The zero-order valence-corrected chi connectivity index (χ0v) is 18.0. The van der Waals surface area contributed by atoms with Crippen molar-refractivity contribution in [3.05, 3.63) is 60.2 Å². The van der Waals surface area contributed by atoms with Gasteiger partial charge >= 0.3 is 5.97 Å². The zero-order chi connectivity index (χ0) is 21.6. The Morgan fingerprint density at radius 3 is 2.10 bits per heavy atom. The van der Waals surface area contributed by atoms with Crippen LogP contribution in [0, 0.1) is 0 Å². The highest BCUT2D eigenvalue weighted by molar-refractivity contribution is 5.81. The first kappa shape index (κ1) is 21.7. The molecule has 2 aromatic carbocycles. The van der Waals surface area contributed by atoms with Gasteiger partial charge in [-0.25, -0.2) is 4.79 Å². The van der Waals surface area contributed by atoms with Crippen LogP contribution in [0.2, 0.25) is 0 Å². The molecule has 2 aromatic rings. The van der Waals surface area contributed by atoms with Crippen molar-refractivity contribution in [2.24, 2.45) is 0 Å². The van der Waals surface area contributed by atoms with Crippen LogP contribution in [-0.4, -0.2) is 56.2 Å². The van der Waals surface area contributed by atoms with Gasteiger partial charge in [-0.3, -0.25) is 4.79 Å². The van der Waals surface area contributed by atoms with Crippen molar-refractivity contribution >= 4 is 17.6 Å². The van der Waals surface area contributed by atoms with E-state index in [0.717, 1.165) is 18.8 Å². The molecule has 1 aliphatic rings. The Kier molecular flexibility index (Phi) is 6.98. The van der Waals surface area contributed by atoms with Crippen molar-refractivity contribution in [2.45, 2.75) is 26.2 Å². The lowest BCUT2D eigenvalue weighted by Crippen LogP contribution is -2.50. The van der Waals surface area contributed by atoms with E-state index in [4.69, 9.17) is 9.47 Å². The quantitative estimate of drug-likeness (QED) is 0.684. The van der Waals surface area contributed by atoms with Gasteiger partial charge in [0.15, 0.2) is 13.2 Å². The first-order valence-electron chi connectivity index (χ1n) is 10.3. The van der Waals surface area contributed by atoms with E-state index in [2.05, 4.69) is 37.8 Å². The molecule has 0 aliphatic carbocycles. The molecule has 0 spiro atoms. The number of amides is 1. The first-order valence-corrected chi connectivity index (χ1v) is 10.3. The molecule has 6 heteroatoms. The summed E-state index contributed by atoms with van der Waals surface area (Å²) in [6.45, 7) is 8.69. The summed E-state index contributed by atoms with van der Waals surface area (Å²) in [5, 5.41) is 0. The molecule has 0 saturated carbocycles. The number of para-hydroxylation sites is 1. The Balaban J connectivity index is 1.37. The molecule has 160 valence electrons. The minimum Gasteiger partial charge on any atom is -0.482 e. The number of carbonyl (C=O) groups is 2. The van der Waals surface area contributed by atoms with Gasteiger partial charge in [-0.15, -0.1) is 0 Å². The number of anilines is 1. The second-order valence-electron chi connectivity index (χ2n) is 8.43. The lowest BCUT2D eigenvalue weighted by atomic mass is 9.87. The van der Waals surface area contributed by atoms with E-state index < -0.39 is 5.97 Å². The van der Waals surface area contributed by atoms with E-state index in [1.54, 1.807) is 4.90 Å². The summed E-state index contributed by atoms with van der Waals surface area (Å²) in [7, 11) is 0. The Morgan fingerprint density at radius 1 is 0.867 bits per heavy atom. The highest BCUT2D eigenvalue weighted by Gasteiger charge is 2.22. The van der Waals surface area contributed by atoms with Gasteiger partial charge in [-0.1, -0.05) is 51.1 Å². The van der Waals surface area contributed by atoms with Crippen LogP contribution in [0.4, 0.5) is 5.69 Å². The highest BCUT2D eigenvalue weighted by atomic mass is 16.6. The smallest absolute Gasteiger partial charge is 0.344 e. The maximum absolute atomic E-state index is 12.3. The lowest BCUT2D eigenvalue weighted by Gasteiger charge is -2.36. The van der Waals surface area contributed by atoms with E-state index in [1.807, 2.05) is 42.5 Å². The molecule has 0 bridgehead atoms. The van der Waals surface area contributed by atoms with Crippen LogP contribution in [-0.2, 0) is 19.7 Å². The van der Waals surface area contributed by atoms with E-state index >= 15 is 0 Å². The third-order valence-corrected chi connectivity index (χ3v) is 5.19. The predicted octanol–water partition coefficient (Wildman–Crippen LogP) is 3.25. The summed E-state index contributed by atoms with van der Waals surface area (Å²) in [6.07, 6.45) is 0. The molecule has 0 aromatic heterocycles. The number of carbonyl (C=O) groups excluding carboxylic acids is 2. The van der Waals surface area contributed by atoms with E-state index in [0.29, 0.717) is 18.8 Å². The molecule has 0 unspecified atom stereocenters. The van der Waals surface area contributed by atoms with Crippen molar-refractivity contribution in [1.82, 2.24) is 4.90 Å². The number of hydrogen-bond donors (Lipinski definition) is 0. The van der Waals surface area contributed by atoms with Crippen LogP contribution in [0.15, 0.2) is 54.6 Å². The van der Waals surface area contributed by atoms with E-state index in [9.17, 15) is 9.59 Å². The summed E-state index contributed by atoms with van der Waals surface area (Å²) in [6, 6.07) is 17.8. The SMILES string of the molecule is CC(C)(C)c1ccc(OCC(=O)OCC(=O)N2CCN(c3ccccc3)CC2)cc1. The summed E-state index contributed by atoms with van der Waals surface area (Å²) in [4.78, 5) is 28.3. The average Bonchev–Trinajstić information content (AvgIpc) is 2.76. The Hall–Kier alpha value is -3.02. The lowest BCUT2D eigenvalue weighted by molar-refractivity contribution is -0.153. The highest BCUT2D eigenvalue weighted by Crippen LogP contribution is 2.24. The number of piperazine rings is 1. The van der Waals surface area contributed by atoms with Gasteiger partial charge in [-0.05, 0) is 35.2 Å². The first-order chi connectivity index (χ1) is 14.3. The van der Waals surface area contributed by atoms with Gasteiger partial charge in [0.2, 0.25) is 0 Å². The number of hydrogen-bond acceptors (Lipinski definition) is 5. The molecular formula is C24H30N2O4. The fourth-order valence-corrected chi connectivity index (χ4v) is 3.32. The van der Waals surface area contributed by atoms with E-state index in [-0.39, 0.29) is 24.5 Å². The molecule has 1 fully saturated rings. The Bertz CT molecular complexity index is 836. The number of esters is 1. The van der Waals surface area contributed by atoms with E-state index in [1.165, 1.54) is 5.56 Å². The topological polar surface area (TPSA) is 59.1 Å². The van der Waals surface area contributed by atoms with Crippen molar-refractivity contribution in [2.75, 3.05) is 44.3 Å². The van der Waals surface area contributed by atoms with Crippen LogP contribution < -0.4 is 9.64 Å².